The number of amides is 1. The predicted molar refractivity (Wildman–Crippen MR) is 109 cm³/mol. The van der Waals surface area contributed by atoms with E-state index in [1.807, 2.05) is 31.2 Å². The van der Waals surface area contributed by atoms with Gasteiger partial charge in [0.2, 0.25) is 0 Å². The molecule has 27 heavy (non-hydrogen) atoms. The van der Waals surface area contributed by atoms with Crippen molar-refractivity contribution in [3.63, 3.8) is 0 Å². The van der Waals surface area contributed by atoms with Gasteiger partial charge in [0.25, 0.3) is 5.91 Å². The highest BCUT2D eigenvalue weighted by atomic mass is 35.5. The average molecular weight is 393 g/mol. The van der Waals surface area contributed by atoms with Gasteiger partial charge in [-0.1, -0.05) is 37.3 Å². The number of allylic oxidation sites excluding steroid dienone is 4. The molecule has 1 aromatic rings. The molecule has 1 N–H and O–H groups in total. The molecule has 1 amide bonds. The molecule has 2 rings (SSSR count). The summed E-state index contributed by atoms with van der Waals surface area (Å²) in [6.45, 7) is 3.99. The van der Waals surface area contributed by atoms with Gasteiger partial charge in [0.1, 0.15) is 0 Å². The smallest absolute Gasteiger partial charge is 0.257 e. The molecule has 1 aliphatic rings. The lowest BCUT2D eigenvalue weighted by Gasteiger charge is -2.08. The number of aliphatic imine (C=N–C) groups is 1. The van der Waals surface area contributed by atoms with Gasteiger partial charge in [-0.2, -0.15) is 0 Å². The molecule has 0 radical (unpaired) electrons. The van der Waals surface area contributed by atoms with E-state index >= 15 is 0 Å². The SMILES string of the molecule is C/C=C(\C=C/CC)C1C=CC=C(C(=O)Nc2ccc(F)c(F)c2)C=N1.CCl. The number of rotatable bonds is 5. The van der Waals surface area contributed by atoms with Crippen LogP contribution in [0.25, 0.3) is 0 Å². The Morgan fingerprint density at radius 1 is 1.30 bits per heavy atom. The number of nitrogens with zero attached hydrogens (tertiary/aromatic N) is 1. The molecule has 0 fully saturated rings. The summed E-state index contributed by atoms with van der Waals surface area (Å²) in [7, 11) is 0. The molecule has 1 aromatic carbocycles. The molecule has 0 saturated carbocycles. The summed E-state index contributed by atoms with van der Waals surface area (Å²) in [4.78, 5) is 16.7. The van der Waals surface area contributed by atoms with Crippen LogP contribution in [-0.4, -0.2) is 24.5 Å². The van der Waals surface area contributed by atoms with Crippen molar-refractivity contribution in [2.45, 2.75) is 26.3 Å². The zero-order valence-corrected chi connectivity index (χ0v) is 16.3. The van der Waals surface area contributed by atoms with Crippen LogP contribution in [0.1, 0.15) is 20.3 Å². The molecule has 144 valence electrons. The molecule has 0 spiro atoms. The lowest BCUT2D eigenvalue weighted by molar-refractivity contribution is -0.112. The van der Waals surface area contributed by atoms with Gasteiger partial charge in [-0.25, -0.2) is 8.78 Å². The normalized spacial score (nSPS) is 16.4. The Morgan fingerprint density at radius 3 is 2.67 bits per heavy atom. The van der Waals surface area contributed by atoms with Crippen LogP contribution in [0.4, 0.5) is 14.5 Å². The summed E-state index contributed by atoms with van der Waals surface area (Å²) in [5.41, 5.74) is 1.55. The Balaban J connectivity index is 0.00000176. The van der Waals surface area contributed by atoms with E-state index < -0.39 is 17.5 Å². The van der Waals surface area contributed by atoms with Crippen molar-refractivity contribution >= 4 is 29.4 Å². The Bertz CT molecular complexity index is 795. The summed E-state index contributed by atoms with van der Waals surface area (Å²) < 4.78 is 26.2. The van der Waals surface area contributed by atoms with Crippen molar-refractivity contribution in [3.8, 4) is 0 Å². The Hall–Kier alpha value is -2.53. The van der Waals surface area contributed by atoms with Gasteiger partial charge in [-0.05, 0) is 37.1 Å². The lowest BCUT2D eigenvalue weighted by Crippen LogP contribution is -2.15. The first-order chi connectivity index (χ1) is 13.0. The van der Waals surface area contributed by atoms with Crippen molar-refractivity contribution in [2.75, 3.05) is 11.7 Å². The van der Waals surface area contributed by atoms with E-state index in [9.17, 15) is 13.6 Å². The molecule has 1 unspecified atom stereocenters. The second-order valence-electron chi connectivity index (χ2n) is 5.41. The Kier molecular flexibility index (Phi) is 9.98. The standard InChI is InChI=1S/C20H20F2N2O.CH3Cl/c1-3-5-7-14(4-2)19-9-6-8-15(13-23-19)20(25)24-16-10-11-17(21)18(22)12-16;1-2/h4-13,19H,3H2,1-2H3,(H,24,25);1H3/b7-5-,14-4+;. The van der Waals surface area contributed by atoms with Gasteiger partial charge in [-0.15, -0.1) is 11.6 Å². The van der Waals surface area contributed by atoms with Crippen LogP contribution >= 0.6 is 11.6 Å². The van der Waals surface area contributed by atoms with Crippen molar-refractivity contribution in [1.82, 2.24) is 0 Å². The number of alkyl halides is 1. The molecule has 0 aromatic heterocycles. The van der Waals surface area contributed by atoms with E-state index in [4.69, 9.17) is 0 Å². The molecule has 1 heterocycles. The first kappa shape index (κ1) is 22.5. The maximum atomic E-state index is 13.2. The number of benzene rings is 1. The summed E-state index contributed by atoms with van der Waals surface area (Å²) in [5.74, 6) is -2.41. The van der Waals surface area contributed by atoms with Crippen LogP contribution in [0.5, 0.6) is 0 Å². The molecule has 0 bridgehead atoms. The van der Waals surface area contributed by atoms with Gasteiger partial charge >= 0.3 is 0 Å². The van der Waals surface area contributed by atoms with Gasteiger partial charge in [0.05, 0.1) is 11.6 Å². The van der Waals surface area contributed by atoms with Crippen molar-refractivity contribution in [1.29, 1.82) is 0 Å². The number of hydrogen-bond donors (Lipinski definition) is 1. The maximum absolute atomic E-state index is 13.2. The van der Waals surface area contributed by atoms with Crippen LogP contribution in [0, 0.1) is 11.6 Å². The van der Waals surface area contributed by atoms with Crippen LogP contribution in [-0.2, 0) is 4.79 Å². The number of carbonyl (C=O) groups is 1. The summed E-state index contributed by atoms with van der Waals surface area (Å²) in [5, 5.41) is 2.53. The fourth-order valence-electron chi connectivity index (χ4n) is 2.25. The van der Waals surface area contributed by atoms with Gasteiger partial charge < -0.3 is 5.32 Å². The molecule has 1 atom stereocenters. The fourth-order valence-corrected chi connectivity index (χ4v) is 2.25. The van der Waals surface area contributed by atoms with Gasteiger partial charge in [0.15, 0.2) is 11.6 Å². The largest absolute Gasteiger partial charge is 0.322 e. The Morgan fingerprint density at radius 2 is 2.04 bits per heavy atom. The van der Waals surface area contributed by atoms with Crippen LogP contribution in [0.3, 0.4) is 0 Å². The Labute approximate surface area is 163 Å². The zero-order valence-electron chi connectivity index (χ0n) is 15.5. The van der Waals surface area contributed by atoms with E-state index in [0.29, 0.717) is 5.57 Å². The molecule has 3 nitrogen and oxygen atoms in total. The minimum absolute atomic E-state index is 0.169. The van der Waals surface area contributed by atoms with Crippen LogP contribution < -0.4 is 5.32 Å². The topological polar surface area (TPSA) is 41.5 Å². The van der Waals surface area contributed by atoms with E-state index in [-0.39, 0.29) is 11.7 Å². The predicted octanol–water partition coefficient (Wildman–Crippen LogP) is 5.61. The highest BCUT2D eigenvalue weighted by Crippen LogP contribution is 2.16. The molecule has 0 saturated heterocycles. The van der Waals surface area contributed by atoms with Gasteiger partial charge in [0, 0.05) is 24.4 Å². The minimum atomic E-state index is -1.01. The second-order valence-corrected chi connectivity index (χ2v) is 5.41. The monoisotopic (exact) mass is 392 g/mol. The van der Waals surface area contributed by atoms with Crippen LogP contribution in [0.15, 0.2) is 70.8 Å². The third-order valence-corrected chi connectivity index (χ3v) is 3.60. The third kappa shape index (κ3) is 6.94. The molecule has 0 aliphatic carbocycles. The van der Waals surface area contributed by atoms with Crippen molar-refractivity contribution < 1.29 is 13.6 Å². The number of nitrogens with one attached hydrogen (secondary N) is 1. The molecular formula is C21H23ClF2N2O. The first-order valence-electron chi connectivity index (χ1n) is 8.43. The summed E-state index contributed by atoms with van der Waals surface area (Å²) >= 11 is 4.64. The van der Waals surface area contributed by atoms with E-state index in [1.165, 1.54) is 18.7 Å². The van der Waals surface area contributed by atoms with Crippen molar-refractivity contribution in [2.24, 2.45) is 4.99 Å². The highest BCUT2D eigenvalue weighted by Gasteiger charge is 2.13. The molecule has 6 heteroatoms. The number of hydrogen-bond acceptors (Lipinski definition) is 2. The number of halogens is 3. The number of anilines is 1. The molecule has 1 aliphatic heterocycles. The highest BCUT2D eigenvalue weighted by molar-refractivity contribution is 6.18. The minimum Gasteiger partial charge on any atom is -0.322 e. The second kappa shape index (κ2) is 12.0. The van der Waals surface area contributed by atoms with Crippen molar-refractivity contribution in [3.05, 3.63) is 77.4 Å². The van der Waals surface area contributed by atoms with Crippen LogP contribution in [0.2, 0.25) is 0 Å². The molecular weight excluding hydrogens is 370 g/mol. The quantitative estimate of drug-likeness (QED) is 0.513. The van der Waals surface area contributed by atoms with E-state index in [0.717, 1.165) is 24.1 Å². The maximum Gasteiger partial charge on any atom is 0.257 e. The number of carbonyl (C=O) groups excluding carboxylic acids is 1. The first-order valence-corrected chi connectivity index (χ1v) is 9.19. The van der Waals surface area contributed by atoms with E-state index in [2.05, 4.69) is 28.8 Å². The van der Waals surface area contributed by atoms with E-state index in [1.54, 1.807) is 12.2 Å². The summed E-state index contributed by atoms with van der Waals surface area (Å²) in [6, 6.07) is 3.04. The van der Waals surface area contributed by atoms with Gasteiger partial charge in [-0.3, -0.25) is 9.79 Å². The third-order valence-electron chi connectivity index (χ3n) is 3.60. The lowest BCUT2D eigenvalue weighted by atomic mass is 10.1. The fraction of sp³-hybridized carbons (Fsp3) is 0.238. The zero-order chi connectivity index (χ0) is 20.2. The summed E-state index contributed by atoms with van der Waals surface area (Å²) in [6.07, 6.45) is 15.2. The average Bonchev–Trinajstić information content (AvgIpc) is 2.93.